The number of hydrogen-bond donors (Lipinski definition) is 0. The lowest BCUT2D eigenvalue weighted by Crippen LogP contribution is -2.31. The van der Waals surface area contributed by atoms with E-state index in [1.807, 2.05) is 35.2 Å². The maximum absolute atomic E-state index is 14.0. The number of halogens is 1. The quantitative estimate of drug-likeness (QED) is 0.445. The zero-order valence-corrected chi connectivity index (χ0v) is 15.8. The minimum absolute atomic E-state index is 0.175. The number of rotatable bonds is 7. The molecule has 0 N–H and O–H groups in total. The molecule has 0 fully saturated rings. The summed E-state index contributed by atoms with van der Waals surface area (Å²) in [6.45, 7) is 4.23. The Labute approximate surface area is 162 Å². The zero-order chi connectivity index (χ0) is 19.2. The van der Waals surface area contributed by atoms with Gasteiger partial charge in [-0.3, -0.25) is 9.36 Å². The number of carbonyl (C=O) groups excluding carboxylic acids is 1. The molecule has 0 saturated carbocycles. The van der Waals surface area contributed by atoms with Crippen molar-refractivity contribution in [2.24, 2.45) is 0 Å². The molecule has 27 heavy (non-hydrogen) atoms. The van der Waals surface area contributed by atoms with E-state index >= 15 is 0 Å². The molecule has 2 aromatic carbocycles. The van der Waals surface area contributed by atoms with E-state index in [1.54, 1.807) is 41.4 Å². The molecule has 1 heterocycles. The highest BCUT2D eigenvalue weighted by Gasteiger charge is 2.17. The first-order valence-corrected chi connectivity index (χ1v) is 9.68. The average molecular weight is 381 g/mol. The van der Waals surface area contributed by atoms with E-state index in [0.29, 0.717) is 17.7 Å². The number of benzene rings is 2. The maximum atomic E-state index is 14.0. The summed E-state index contributed by atoms with van der Waals surface area (Å²) in [4.78, 5) is 18.9. The van der Waals surface area contributed by atoms with Gasteiger partial charge < -0.3 is 4.90 Å². The summed E-state index contributed by atoms with van der Waals surface area (Å²) in [6.07, 6.45) is 7.18. The average Bonchev–Trinajstić information content (AvgIpc) is 3.17. The van der Waals surface area contributed by atoms with Gasteiger partial charge in [0.2, 0.25) is 0 Å². The van der Waals surface area contributed by atoms with Crippen molar-refractivity contribution in [1.29, 1.82) is 0 Å². The topological polar surface area (TPSA) is 38.1 Å². The Morgan fingerprint density at radius 2 is 2.11 bits per heavy atom. The molecule has 0 aliphatic rings. The lowest BCUT2D eigenvalue weighted by Gasteiger charge is -2.22. The lowest BCUT2D eigenvalue weighted by atomic mass is 10.1. The molecule has 3 rings (SSSR count). The first-order chi connectivity index (χ1) is 13.1. The molecular formula is C21H20FN3OS. The summed E-state index contributed by atoms with van der Waals surface area (Å²) in [5.74, 6) is -0.498. The van der Waals surface area contributed by atoms with E-state index in [9.17, 15) is 9.18 Å². The van der Waals surface area contributed by atoms with Gasteiger partial charge in [0, 0.05) is 42.3 Å². The molecule has 1 amide bonds. The number of nitrogens with zero attached hydrogens (tertiary/aromatic N) is 3. The van der Waals surface area contributed by atoms with E-state index in [2.05, 4.69) is 11.6 Å². The van der Waals surface area contributed by atoms with Crippen LogP contribution in [0, 0.1) is 5.82 Å². The van der Waals surface area contributed by atoms with E-state index in [1.165, 1.54) is 17.8 Å². The molecule has 1 aromatic heterocycles. The fourth-order valence-corrected chi connectivity index (χ4v) is 3.35. The number of carbonyl (C=O) groups is 1. The minimum Gasteiger partial charge on any atom is -0.330 e. The van der Waals surface area contributed by atoms with Crippen molar-refractivity contribution in [3.8, 4) is 5.69 Å². The van der Waals surface area contributed by atoms with Gasteiger partial charge in [-0.15, -0.1) is 6.58 Å². The van der Waals surface area contributed by atoms with Crippen LogP contribution in [0.15, 0.2) is 78.7 Å². The summed E-state index contributed by atoms with van der Waals surface area (Å²) in [6, 6.07) is 13.8. The van der Waals surface area contributed by atoms with Crippen LogP contribution >= 0.6 is 11.8 Å². The van der Waals surface area contributed by atoms with Crippen LogP contribution < -0.4 is 0 Å². The molecule has 3 aromatic rings. The van der Waals surface area contributed by atoms with Crippen molar-refractivity contribution >= 4 is 17.7 Å². The van der Waals surface area contributed by atoms with Crippen molar-refractivity contribution in [2.45, 2.75) is 11.7 Å². The second-order valence-electron chi connectivity index (χ2n) is 5.90. The van der Waals surface area contributed by atoms with Crippen molar-refractivity contribution in [3.63, 3.8) is 0 Å². The molecule has 0 atom stereocenters. The molecule has 0 aliphatic heterocycles. The fourth-order valence-electron chi connectivity index (χ4n) is 2.82. The zero-order valence-electron chi connectivity index (χ0n) is 15.0. The Morgan fingerprint density at radius 1 is 1.30 bits per heavy atom. The molecule has 6 heteroatoms. The van der Waals surface area contributed by atoms with Crippen molar-refractivity contribution < 1.29 is 9.18 Å². The number of amides is 1. The summed E-state index contributed by atoms with van der Waals surface area (Å²) < 4.78 is 15.9. The van der Waals surface area contributed by atoms with Gasteiger partial charge in [-0.2, -0.15) is 0 Å². The molecule has 0 aliphatic carbocycles. The van der Waals surface area contributed by atoms with Gasteiger partial charge in [0.05, 0.1) is 0 Å². The van der Waals surface area contributed by atoms with Gasteiger partial charge in [-0.25, -0.2) is 9.37 Å². The highest BCUT2D eigenvalue weighted by Crippen LogP contribution is 2.20. The van der Waals surface area contributed by atoms with Crippen LogP contribution in [0.2, 0.25) is 0 Å². The van der Waals surface area contributed by atoms with Crippen LogP contribution in [0.4, 0.5) is 4.39 Å². The third-order valence-electron chi connectivity index (χ3n) is 4.12. The summed E-state index contributed by atoms with van der Waals surface area (Å²) in [5, 5.41) is 0.842. The highest BCUT2D eigenvalue weighted by molar-refractivity contribution is 7.98. The molecule has 0 saturated heterocycles. The van der Waals surface area contributed by atoms with Crippen molar-refractivity contribution in [2.75, 3.05) is 12.8 Å². The lowest BCUT2D eigenvalue weighted by molar-refractivity contribution is 0.0761. The fraction of sp³-hybridized carbons (Fsp3) is 0.143. The molecule has 0 bridgehead atoms. The van der Waals surface area contributed by atoms with Gasteiger partial charge in [-0.1, -0.05) is 42.1 Å². The van der Waals surface area contributed by atoms with Gasteiger partial charge >= 0.3 is 0 Å². The first kappa shape index (κ1) is 18.9. The maximum Gasteiger partial charge on any atom is 0.254 e. The van der Waals surface area contributed by atoms with E-state index in [-0.39, 0.29) is 18.3 Å². The third-order valence-corrected chi connectivity index (χ3v) is 4.78. The van der Waals surface area contributed by atoms with E-state index in [4.69, 9.17) is 0 Å². The predicted molar refractivity (Wildman–Crippen MR) is 107 cm³/mol. The van der Waals surface area contributed by atoms with Crippen LogP contribution in [0.3, 0.4) is 0 Å². The van der Waals surface area contributed by atoms with E-state index in [0.717, 1.165) is 10.8 Å². The van der Waals surface area contributed by atoms with Crippen LogP contribution in [-0.4, -0.2) is 33.2 Å². The van der Waals surface area contributed by atoms with Gasteiger partial charge in [0.25, 0.3) is 5.91 Å². The Morgan fingerprint density at radius 3 is 2.85 bits per heavy atom. The molecule has 0 spiro atoms. The second-order valence-corrected chi connectivity index (χ2v) is 6.67. The normalized spacial score (nSPS) is 10.6. The number of imidazole rings is 1. The van der Waals surface area contributed by atoms with E-state index < -0.39 is 0 Å². The third kappa shape index (κ3) is 4.28. The number of thioether (sulfide) groups is 1. The van der Waals surface area contributed by atoms with Gasteiger partial charge in [-0.05, 0) is 30.5 Å². The van der Waals surface area contributed by atoms with Gasteiger partial charge in [0.1, 0.15) is 5.82 Å². The molecule has 138 valence electrons. The van der Waals surface area contributed by atoms with Crippen LogP contribution in [0.5, 0.6) is 0 Å². The Balaban J connectivity index is 1.89. The molecular weight excluding hydrogens is 361 g/mol. The Kier molecular flexibility index (Phi) is 6.08. The predicted octanol–water partition coefficient (Wildman–Crippen LogP) is 4.56. The smallest absolute Gasteiger partial charge is 0.254 e. The molecule has 0 radical (unpaired) electrons. The van der Waals surface area contributed by atoms with Gasteiger partial charge in [0.15, 0.2) is 5.16 Å². The summed E-state index contributed by atoms with van der Waals surface area (Å²) >= 11 is 1.53. The van der Waals surface area contributed by atoms with Crippen molar-refractivity contribution in [3.05, 3.63) is 90.5 Å². The standard InChI is InChI=1S/C21H20FN3OS/c1-3-12-24(15-17-7-4-5-10-19(17)22)20(26)16-8-6-9-18(14-16)25-13-11-23-21(25)27-2/h3-11,13-14H,1,12,15H2,2H3. The highest BCUT2D eigenvalue weighted by atomic mass is 32.2. The molecule has 4 nitrogen and oxygen atoms in total. The summed E-state index contributed by atoms with van der Waals surface area (Å²) in [7, 11) is 0. The Bertz CT molecular complexity index is 954. The van der Waals surface area contributed by atoms with Crippen LogP contribution in [0.1, 0.15) is 15.9 Å². The Hall–Kier alpha value is -2.86. The van der Waals surface area contributed by atoms with Crippen LogP contribution in [-0.2, 0) is 6.54 Å². The number of hydrogen-bond acceptors (Lipinski definition) is 3. The first-order valence-electron chi connectivity index (χ1n) is 8.45. The second kappa shape index (κ2) is 8.68. The van der Waals surface area contributed by atoms with Crippen molar-refractivity contribution in [1.82, 2.24) is 14.5 Å². The SMILES string of the molecule is C=CCN(Cc1ccccc1F)C(=O)c1cccc(-n2ccnc2SC)c1. The molecule has 0 unspecified atom stereocenters. The number of aromatic nitrogens is 2. The monoisotopic (exact) mass is 381 g/mol. The minimum atomic E-state index is -0.323. The summed E-state index contributed by atoms with van der Waals surface area (Å²) in [5.41, 5.74) is 1.86. The van der Waals surface area contributed by atoms with Crippen LogP contribution in [0.25, 0.3) is 5.69 Å². The largest absolute Gasteiger partial charge is 0.330 e.